The molecule has 2 N–H and O–H groups in total. The lowest BCUT2D eigenvalue weighted by atomic mass is 9.89. The molecule has 0 bridgehead atoms. The van der Waals surface area contributed by atoms with Gasteiger partial charge in [-0.2, -0.15) is 0 Å². The third-order valence-electron chi connectivity index (χ3n) is 4.70. The number of hydrogen-bond acceptors (Lipinski definition) is 3. The zero-order valence-electron chi connectivity index (χ0n) is 15.1. The maximum absolute atomic E-state index is 14.2. The number of carbonyl (C=O) groups is 2. The molecule has 154 valence electrons. The molecule has 3 rings (SSSR count). The highest BCUT2D eigenvalue weighted by molar-refractivity contribution is 8.00. The van der Waals surface area contributed by atoms with Crippen molar-refractivity contribution in [3.8, 4) is 0 Å². The van der Waals surface area contributed by atoms with Crippen LogP contribution in [0.5, 0.6) is 0 Å². The average molecular weight is 427 g/mol. The summed E-state index contributed by atoms with van der Waals surface area (Å²) in [5.74, 6) is -7.17. The van der Waals surface area contributed by atoms with E-state index in [0.29, 0.717) is 25.0 Å². The second kappa shape index (κ2) is 8.86. The highest BCUT2D eigenvalue weighted by Crippen LogP contribution is 2.37. The maximum atomic E-state index is 14.2. The Hall–Kier alpha value is -2.55. The Kier molecular flexibility index (Phi) is 6.46. The van der Waals surface area contributed by atoms with Crippen molar-refractivity contribution in [2.24, 2.45) is 5.92 Å². The van der Waals surface area contributed by atoms with E-state index in [4.69, 9.17) is 0 Å². The molecule has 1 aliphatic rings. The molecule has 1 amide bonds. The summed E-state index contributed by atoms with van der Waals surface area (Å²) >= 11 is 1.17. The van der Waals surface area contributed by atoms with Crippen LogP contribution in [0.4, 0.5) is 23.2 Å². The van der Waals surface area contributed by atoms with E-state index in [1.54, 1.807) is 0 Å². The molecule has 1 aliphatic carbocycles. The second-order valence-corrected chi connectivity index (χ2v) is 8.14. The van der Waals surface area contributed by atoms with Crippen molar-refractivity contribution in [3.05, 3.63) is 59.2 Å². The van der Waals surface area contributed by atoms with Gasteiger partial charge in [0.25, 0.3) is 5.91 Å². The van der Waals surface area contributed by atoms with E-state index in [1.165, 1.54) is 23.9 Å². The van der Waals surface area contributed by atoms with Gasteiger partial charge in [0.15, 0.2) is 17.5 Å². The SMILES string of the molecule is O=C(Nc1cc(F)c(F)c(F)c1)c1ccc(F)c(SC2CCCC(C(=O)O)C2)c1. The Balaban J connectivity index is 1.74. The fraction of sp³-hybridized carbons (Fsp3) is 0.300. The zero-order valence-corrected chi connectivity index (χ0v) is 15.9. The molecule has 0 aromatic heterocycles. The quantitative estimate of drug-likeness (QED) is 0.507. The van der Waals surface area contributed by atoms with E-state index in [9.17, 15) is 32.3 Å². The molecule has 0 aliphatic heterocycles. The summed E-state index contributed by atoms with van der Waals surface area (Å²) in [5.41, 5.74) is -0.230. The third-order valence-corrected chi connectivity index (χ3v) is 6.03. The van der Waals surface area contributed by atoms with Crippen LogP contribution in [0.3, 0.4) is 0 Å². The number of halogens is 4. The molecule has 0 radical (unpaired) electrons. The summed E-state index contributed by atoms with van der Waals surface area (Å²) in [5, 5.41) is 11.3. The lowest BCUT2D eigenvalue weighted by molar-refractivity contribution is -0.142. The first-order valence-corrected chi connectivity index (χ1v) is 9.77. The van der Waals surface area contributed by atoms with Gasteiger partial charge in [-0.3, -0.25) is 9.59 Å². The number of benzene rings is 2. The van der Waals surface area contributed by atoms with Crippen LogP contribution in [0.2, 0.25) is 0 Å². The van der Waals surface area contributed by atoms with E-state index >= 15 is 0 Å². The summed E-state index contributed by atoms with van der Waals surface area (Å²) in [7, 11) is 0. The summed E-state index contributed by atoms with van der Waals surface area (Å²) in [4.78, 5) is 23.7. The minimum absolute atomic E-state index is 0.0460. The van der Waals surface area contributed by atoms with Crippen LogP contribution in [0.25, 0.3) is 0 Å². The molecule has 2 aromatic carbocycles. The van der Waals surface area contributed by atoms with Crippen LogP contribution in [0.1, 0.15) is 36.0 Å². The second-order valence-electron chi connectivity index (χ2n) is 6.79. The number of carboxylic acid groups (broad SMARTS) is 1. The van der Waals surface area contributed by atoms with Gasteiger partial charge in [-0.05, 0) is 37.5 Å². The molecule has 0 heterocycles. The number of carboxylic acids is 1. The number of nitrogens with one attached hydrogen (secondary N) is 1. The molecule has 1 fully saturated rings. The Morgan fingerprint density at radius 1 is 1.00 bits per heavy atom. The summed E-state index contributed by atoms with van der Waals surface area (Å²) < 4.78 is 53.8. The maximum Gasteiger partial charge on any atom is 0.306 e. The minimum Gasteiger partial charge on any atom is -0.481 e. The topological polar surface area (TPSA) is 66.4 Å². The van der Waals surface area contributed by atoms with Crippen molar-refractivity contribution in [2.75, 3.05) is 5.32 Å². The van der Waals surface area contributed by atoms with Gasteiger partial charge < -0.3 is 10.4 Å². The van der Waals surface area contributed by atoms with Crippen molar-refractivity contribution in [2.45, 2.75) is 35.8 Å². The molecule has 0 spiro atoms. The Morgan fingerprint density at radius 2 is 1.69 bits per heavy atom. The first kappa shape index (κ1) is 21.2. The fourth-order valence-electron chi connectivity index (χ4n) is 3.22. The van der Waals surface area contributed by atoms with Gasteiger partial charge in [-0.1, -0.05) is 6.42 Å². The van der Waals surface area contributed by atoms with Crippen molar-refractivity contribution >= 4 is 29.3 Å². The number of hydrogen-bond donors (Lipinski definition) is 2. The van der Waals surface area contributed by atoms with Crippen LogP contribution in [0, 0.1) is 29.2 Å². The molecule has 4 nitrogen and oxygen atoms in total. The third kappa shape index (κ3) is 5.09. The van der Waals surface area contributed by atoms with Gasteiger partial charge in [0.2, 0.25) is 0 Å². The fourth-order valence-corrected chi connectivity index (χ4v) is 4.57. The van der Waals surface area contributed by atoms with Crippen molar-refractivity contribution < 1.29 is 32.3 Å². The van der Waals surface area contributed by atoms with Gasteiger partial charge in [-0.25, -0.2) is 17.6 Å². The zero-order chi connectivity index (χ0) is 21.1. The molecule has 2 unspecified atom stereocenters. The molecule has 1 saturated carbocycles. The Morgan fingerprint density at radius 3 is 2.34 bits per heavy atom. The van der Waals surface area contributed by atoms with Gasteiger partial charge in [0, 0.05) is 33.5 Å². The first-order valence-electron chi connectivity index (χ1n) is 8.89. The van der Waals surface area contributed by atoms with Crippen LogP contribution in [0.15, 0.2) is 35.2 Å². The number of amides is 1. The molecule has 2 aromatic rings. The van der Waals surface area contributed by atoms with Crippen LogP contribution in [-0.4, -0.2) is 22.2 Å². The standard InChI is InChI=1S/C20H17F4NO3S/c21-14-5-4-10(19(26)25-12-8-15(22)18(24)16(23)9-12)7-17(14)29-13-3-1-2-11(6-13)20(27)28/h4-5,7-9,11,13H,1-3,6H2,(H,25,26)(H,27,28). The van der Waals surface area contributed by atoms with Gasteiger partial charge in [0.1, 0.15) is 5.82 Å². The number of carbonyl (C=O) groups excluding carboxylic acids is 1. The predicted octanol–water partition coefficient (Wildman–Crippen LogP) is 5.23. The smallest absolute Gasteiger partial charge is 0.306 e. The van der Waals surface area contributed by atoms with Gasteiger partial charge in [0.05, 0.1) is 5.92 Å². The van der Waals surface area contributed by atoms with E-state index in [0.717, 1.165) is 18.9 Å². The predicted molar refractivity (Wildman–Crippen MR) is 99.9 cm³/mol. The number of aliphatic carboxylic acids is 1. The molecule has 2 atom stereocenters. The minimum atomic E-state index is -1.64. The average Bonchev–Trinajstić information content (AvgIpc) is 2.68. The lowest BCUT2D eigenvalue weighted by Gasteiger charge is -2.26. The van der Waals surface area contributed by atoms with Gasteiger partial charge in [-0.15, -0.1) is 11.8 Å². The van der Waals surface area contributed by atoms with Gasteiger partial charge >= 0.3 is 5.97 Å². The molecule has 29 heavy (non-hydrogen) atoms. The summed E-state index contributed by atoms with van der Waals surface area (Å²) in [6.07, 6.45) is 2.45. The van der Waals surface area contributed by atoms with Crippen molar-refractivity contribution in [3.63, 3.8) is 0 Å². The Bertz CT molecular complexity index is 930. The van der Waals surface area contributed by atoms with E-state index < -0.39 is 41.1 Å². The molecule has 0 saturated heterocycles. The number of thioether (sulfide) groups is 1. The molecular formula is C20H17F4NO3S. The molecular weight excluding hydrogens is 410 g/mol. The highest BCUT2D eigenvalue weighted by Gasteiger charge is 2.28. The van der Waals surface area contributed by atoms with Crippen LogP contribution >= 0.6 is 11.8 Å². The van der Waals surface area contributed by atoms with Crippen LogP contribution in [-0.2, 0) is 4.79 Å². The largest absolute Gasteiger partial charge is 0.481 e. The van der Waals surface area contributed by atoms with Crippen LogP contribution < -0.4 is 5.32 Å². The lowest BCUT2D eigenvalue weighted by Crippen LogP contribution is -2.24. The summed E-state index contributed by atoms with van der Waals surface area (Å²) in [6.45, 7) is 0. The van der Waals surface area contributed by atoms with Crippen molar-refractivity contribution in [1.29, 1.82) is 0 Å². The normalized spacial score (nSPS) is 19.0. The number of anilines is 1. The monoisotopic (exact) mass is 427 g/mol. The Labute approximate surface area is 168 Å². The van der Waals surface area contributed by atoms with E-state index in [2.05, 4.69) is 5.32 Å². The van der Waals surface area contributed by atoms with Crippen molar-refractivity contribution in [1.82, 2.24) is 0 Å². The summed E-state index contributed by atoms with van der Waals surface area (Å²) in [6, 6.07) is 4.90. The first-order chi connectivity index (χ1) is 13.7. The van der Waals surface area contributed by atoms with E-state index in [1.807, 2.05) is 0 Å². The van der Waals surface area contributed by atoms with E-state index in [-0.39, 0.29) is 21.4 Å². The molecule has 9 heteroatoms. The highest BCUT2D eigenvalue weighted by atomic mass is 32.2. The number of rotatable bonds is 5.